The zero-order valence-corrected chi connectivity index (χ0v) is 16.4. The van der Waals surface area contributed by atoms with Gasteiger partial charge in [0.1, 0.15) is 13.2 Å². The van der Waals surface area contributed by atoms with Gasteiger partial charge in [0.25, 0.3) is 5.91 Å². The molecule has 0 radical (unpaired) electrons. The summed E-state index contributed by atoms with van der Waals surface area (Å²) in [6, 6.07) is 14.2. The Labute approximate surface area is 166 Å². The fourth-order valence-corrected chi connectivity index (χ4v) is 4.12. The Bertz CT molecular complexity index is 798. The van der Waals surface area contributed by atoms with Gasteiger partial charge in [0.2, 0.25) is 5.75 Å². The smallest absolute Gasteiger partial charge is 0.254 e. The minimum absolute atomic E-state index is 0.0399. The Balaban J connectivity index is 1.59. The number of rotatable bonds is 6. The third-order valence-electron chi connectivity index (χ3n) is 5.59. The summed E-state index contributed by atoms with van der Waals surface area (Å²) in [5, 5.41) is 0. The number of nitrogens with zero attached hydrogens (tertiary/aromatic N) is 1. The lowest BCUT2D eigenvalue weighted by Gasteiger charge is -2.30. The lowest BCUT2D eigenvalue weighted by atomic mass is 10.1. The highest BCUT2D eigenvalue weighted by molar-refractivity contribution is 5.96. The van der Waals surface area contributed by atoms with Gasteiger partial charge >= 0.3 is 0 Å². The molecule has 4 rings (SSSR count). The summed E-state index contributed by atoms with van der Waals surface area (Å²) in [5.74, 6) is 1.76. The average Bonchev–Trinajstić information content (AvgIpc) is 3.28. The molecule has 0 atom stereocenters. The van der Waals surface area contributed by atoms with E-state index in [2.05, 4.69) is 12.1 Å². The van der Waals surface area contributed by atoms with Crippen LogP contribution in [-0.2, 0) is 6.42 Å². The molecule has 28 heavy (non-hydrogen) atoms. The normalized spacial score (nSPS) is 16.0. The standard InChI is InChI=1S/C23H27NO4/c1-26-20-15-18(16-21-22(20)28-14-13-27-21)23(25)24(19-9-5-6-10-19)12-11-17-7-3-2-4-8-17/h2-4,7-8,15-16,19H,5-6,9-14H2,1H3. The van der Waals surface area contributed by atoms with Gasteiger partial charge in [-0.3, -0.25) is 4.79 Å². The number of hydrogen-bond donors (Lipinski definition) is 0. The quantitative estimate of drug-likeness (QED) is 0.756. The molecular formula is C23H27NO4. The number of fused-ring (bicyclic) bond motifs is 1. The fraction of sp³-hybridized carbons (Fsp3) is 0.435. The second kappa shape index (κ2) is 8.55. The van der Waals surface area contributed by atoms with Crippen molar-refractivity contribution in [3.63, 3.8) is 0 Å². The van der Waals surface area contributed by atoms with Gasteiger partial charge in [-0.2, -0.15) is 0 Å². The molecule has 1 fully saturated rings. The summed E-state index contributed by atoms with van der Waals surface area (Å²) in [4.78, 5) is 15.5. The minimum atomic E-state index is 0.0399. The third-order valence-corrected chi connectivity index (χ3v) is 5.59. The zero-order valence-electron chi connectivity index (χ0n) is 16.4. The summed E-state index contributed by atoms with van der Waals surface area (Å²) < 4.78 is 16.8. The van der Waals surface area contributed by atoms with Gasteiger partial charge in [-0.25, -0.2) is 0 Å². The van der Waals surface area contributed by atoms with Gasteiger partial charge in [0.05, 0.1) is 7.11 Å². The third kappa shape index (κ3) is 3.93. The SMILES string of the molecule is COc1cc(C(=O)N(CCc2ccccc2)C2CCCC2)cc2c1OCCO2. The number of benzene rings is 2. The second-order valence-corrected chi connectivity index (χ2v) is 7.38. The van der Waals surface area contributed by atoms with Crippen molar-refractivity contribution in [3.8, 4) is 17.2 Å². The molecule has 0 unspecified atom stereocenters. The van der Waals surface area contributed by atoms with Gasteiger partial charge in [0, 0.05) is 18.2 Å². The number of ether oxygens (including phenoxy) is 3. The maximum Gasteiger partial charge on any atom is 0.254 e. The highest BCUT2D eigenvalue weighted by Crippen LogP contribution is 2.41. The van der Waals surface area contributed by atoms with Crippen molar-refractivity contribution in [1.29, 1.82) is 0 Å². The van der Waals surface area contributed by atoms with E-state index < -0.39 is 0 Å². The molecule has 0 aromatic heterocycles. The van der Waals surface area contributed by atoms with Crippen molar-refractivity contribution in [2.45, 2.75) is 38.1 Å². The van der Waals surface area contributed by atoms with Crippen LogP contribution in [0, 0.1) is 0 Å². The van der Waals surface area contributed by atoms with E-state index in [1.807, 2.05) is 23.1 Å². The van der Waals surface area contributed by atoms with Crippen LogP contribution in [0.2, 0.25) is 0 Å². The van der Waals surface area contributed by atoms with Crippen molar-refractivity contribution < 1.29 is 19.0 Å². The van der Waals surface area contributed by atoms with Gasteiger partial charge < -0.3 is 19.1 Å². The van der Waals surface area contributed by atoms with Crippen molar-refractivity contribution >= 4 is 5.91 Å². The first-order chi connectivity index (χ1) is 13.8. The Kier molecular flexibility index (Phi) is 5.70. The van der Waals surface area contributed by atoms with E-state index in [-0.39, 0.29) is 5.91 Å². The molecule has 1 heterocycles. The largest absolute Gasteiger partial charge is 0.493 e. The highest BCUT2D eigenvalue weighted by atomic mass is 16.6. The van der Waals surface area contributed by atoms with Crippen LogP contribution in [0.1, 0.15) is 41.6 Å². The van der Waals surface area contributed by atoms with Crippen LogP contribution in [0.5, 0.6) is 17.2 Å². The molecule has 1 aliphatic carbocycles. The molecule has 148 valence electrons. The molecule has 1 saturated carbocycles. The molecule has 5 heteroatoms. The summed E-state index contributed by atoms with van der Waals surface area (Å²) in [7, 11) is 1.59. The van der Waals surface area contributed by atoms with E-state index >= 15 is 0 Å². The van der Waals surface area contributed by atoms with Crippen LogP contribution in [-0.4, -0.2) is 43.7 Å². The highest BCUT2D eigenvalue weighted by Gasteiger charge is 2.29. The van der Waals surface area contributed by atoms with Crippen LogP contribution in [0.15, 0.2) is 42.5 Å². The van der Waals surface area contributed by atoms with Gasteiger partial charge in [0.15, 0.2) is 11.5 Å². The number of hydrogen-bond acceptors (Lipinski definition) is 4. The molecular weight excluding hydrogens is 354 g/mol. The van der Waals surface area contributed by atoms with E-state index in [0.717, 1.165) is 19.3 Å². The van der Waals surface area contributed by atoms with E-state index in [4.69, 9.17) is 14.2 Å². The Hall–Kier alpha value is -2.69. The fourth-order valence-electron chi connectivity index (χ4n) is 4.12. The molecule has 0 saturated heterocycles. The van der Waals surface area contributed by atoms with E-state index in [0.29, 0.717) is 48.6 Å². The van der Waals surface area contributed by atoms with Gasteiger partial charge in [-0.15, -0.1) is 0 Å². The average molecular weight is 381 g/mol. The first kappa shape index (κ1) is 18.7. The monoisotopic (exact) mass is 381 g/mol. The van der Waals surface area contributed by atoms with Crippen molar-refractivity contribution in [2.24, 2.45) is 0 Å². The van der Waals surface area contributed by atoms with Crippen molar-refractivity contribution in [3.05, 3.63) is 53.6 Å². The van der Waals surface area contributed by atoms with E-state index in [1.165, 1.54) is 18.4 Å². The first-order valence-corrected chi connectivity index (χ1v) is 10.1. The predicted molar refractivity (Wildman–Crippen MR) is 107 cm³/mol. The molecule has 1 amide bonds. The summed E-state index contributed by atoms with van der Waals surface area (Å²) in [5.41, 5.74) is 1.85. The first-order valence-electron chi connectivity index (χ1n) is 10.1. The van der Waals surface area contributed by atoms with Crippen LogP contribution >= 0.6 is 0 Å². The predicted octanol–water partition coefficient (Wildman–Crippen LogP) is 4.09. The Morgan fingerprint density at radius 2 is 1.86 bits per heavy atom. The maximum absolute atomic E-state index is 13.5. The zero-order chi connectivity index (χ0) is 19.3. The number of amides is 1. The molecule has 5 nitrogen and oxygen atoms in total. The van der Waals surface area contributed by atoms with E-state index in [1.54, 1.807) is 19.2 Å². The molecule has 0 spiro atoms. The van der Waals surface area contributed by atoms with Gasteiger partial charge in [-0.05, 0) is 37.0 Å². The summed E-state index contributed by atoms with van der Waals surface area (Å²) in [6.07, 6.45) is 5.36. The summed E-state index contributed by atoms with van der Waals surface area (Å²) >= 11 is 0. The summed E-state index contributed by atoms with van der Waals surface area (Å²) in [6.45, 7) is 1.68. The maximum atomic E-state index is 13.5. The molecule has 0 bridgehead atoms. The molecule has 0 N–H and O–H groups in total. The van der Waals surface area contributed by atoms with Crippen LogP contribution in [0.3, 0.4) is 0 Å². The Morgan fingerprint density at radius 1 is 1.11 bits per heavy atom. The van der Waals surface area contributed by atoms with E-state index in [9.17, 15) is 4.79 Å². The number of carbonyl (C=O) groups is 1. The second-order valence-electron chi connectivity index (χ2n) is 7.38. The Morgan fingerprint density at radius 3 is 2.61 bits per heavy atom. The van der Waals surface area contributed by atoms with Crippen LogP contribution < -0.4 is 14.2 Å². The number of methoxy groups -OCH3 is 1. The van der Waals surface area contributed by atoms with Crippen molar-refractivity contribution in [1.82, 2.24) is 4.90 Å². The molecule has 2 aromatic carbocycles. The molecule has 2 aromatic rings. The molecule has 1 aliphatic heterocycles. The minimum Gasteiger partial charge on any atom is -0.493 e. The van der Waals surface area contributed by atoms with Crippen molar-refractivity contribution in [2.75, 3.05) is 26.9 Å². The van der Waals surface area contributed by atoms with Gasteiger partial charge in [-0.1, -0.05) is 43.2 Å². The van der Waals surface area contributed by atoms with Crippen LogP contribution in [0.25, 0.3) is 0 Å². The topological polar surface area (TPSA) is 48.0 Å². The lowest BCUT2D eigenvalue weighted by molar-refractivity contribution is 0.0682. The van der Waals surface area contributed by atoms with Crippen LogP contribution in [0.4, 0.5) is 0 Å². The lowest BCUT2D eigenvalue weighted by Crippen LogP contribution is -2.40. The molecule has 2 aliphatic rings. The number of carbonyl (C=O) groups excluding carboxylic acids is 1.